The summed E-state index contributed by atoms with van der Waals surface area (Å²) in [5.41, 5.74) is 1.03. The van der Waals surface area contributed by atoms with Gasteiger partial charge in [0.15, 0.2) is 0 Å². The minimum atomic E-state index is 0.234. The number of aryl methyl sites for hydroxylation is 1. The van der Waals surface area contributed by atoms with Crippen LogP contribution in [-0.4, -0.2) is 58.9 Å². The average molecular weight is 317 g/mol. The first-order chi connectivity index (χ1) is 11.2. The van der Waals surface area contributed by atoms with E-state index in [1.54, 1.807) is 0 Å². The molecule has 0 radical (unpaired) electrons. The minimum Gasteiger partial charge on any atom is -0.373 e. The van der Waals surface area contributed by atoms with Crippen molar-refractivity contribution >= 4 is 11.7 Å². The highest BCUT2D eigenvalue weighted by molar-refractivity contribution is 5.78. The van der Waals surface area contributed by atoms with Gasteiger partial charge in [-0.3, -0.25) is 9.69 Å². The molecule has 1 amide bonds. The van der Waals surface area contributed by atoms with E-state index in [2.05, 4.69) is 20.2 Å². The summed E-state index contributed by atoms with van der Waals surface area (Å²) in [6.45, 7) is 5.26. The molecule has 0 aliphatic carbocycles. The van der Waals surface area contributed by atoms with Crippen LogP contribution in [0.3, 0.4) is 0 Å². The van der Waals surface area contributed by atoms with Gasteiger partial charge in [0.2, 0.25) is 5.91 Å². The fourth-order valence-electron chi connectivity index (χ4n) is 3.66. The summed E-state index contributed by atoms with van der Waals surface area (Å²) < 4.78 is 0. The van der Waals surface area contributed by atoms with Crippen LogP contribution in [0.15, 0.2) is 6.07 Å². The number of likely N-dealkylation sites (tertiary alicyclic amines) is 2. The number of hydrogen-bond donors (Lipinski definition) is 1. The van der Waals surface area contributed by atoms with Crippen molar-refractivity contribution in [1.29, 1.82) is 0 Å². The molecule has 0 unspecified atom stereocenters. The molecule has 0 aromatic carbocycles. The van der Waals surface area contributed by atoms with Crippen LogP contribution in [0.4, 0.5) is 5.82 Å². The molecule has 0 bridgehead atoms. The van der Waals surface area contributed by atoms with Gasteiger partial charge in [0, 0.05) is 26.2 Å². The fourth-order valence-corrected chi connectivity index (χ4v) is 3.66. The van der Waals surface area contributed by atoms with E-state index in [-0.39, 0.29) is 11.9 Å². The molecule has 126 valence electrons. The first kappa shape index (κ1) is 16.2. The summed E-state index contributed by atoms with van der Waals surface area (Å²) in [6.07, 6.45) is 5.73. The summed E-state index contributed by atoms with van der Waals surface area (Å²) in [6, 6.07) is 2.25. The lowest BCUT2D eigenvalue weighted by molar-refractivity contribution is -0.133. The second-order valence-electron chi connectivity index (χ2n) is 6.55. The van der Waals surface area contributed by atoms with Crippen LogP contribution in [-0.2, 0) is 4.79 Å². The predicted molar refractivity (Wildman–Crippen MR) is 90.3 cm³/mol. The molecule has 1 atom stereocenters. The van der Waals surface area contributed by atoms with Crippen molar-refractivity contribution in [3.8, 4) is 0 Å². The Morgan fingerprint density at radius 2 is 2.00 bits per heavy atom. The van der Waals surface area contributed by atoms with E-state index in [1.165, 1.54) is 6.42 Å². The van der Waals surface area contributed by atoms with Gasteiger partial charge in [0.25, 0.3) is 0 Å². The van der Waals surface area contributed by atoms with Crippen molar-refractivity contribution in [1.82, 2.24) is 19.8 Å². The number of nitrogens with one attached hydrogen (secondary N) is 1. The SMILES string of the molecule is CNc1cc([C@H]2CCCN2CC(=O)N2CCCCC2)nc(C)n1. The maximum Gasteiger partial charge on any atom is 0.236 e. The van der Waals surface area contributed by atoms with E-state index in [0.29, 0.717) is 6.54 Å². The van der Waals surface area contributed by atoms with Gasteiger partial charge in [-0.05, 0) is 45.6 Å². The Labute approximate surface area is 138 Å². The Morgan fingerprint density at radius 3 is 2.74 bits per heavy atom. The number of anilines is 1. The van der Waals surface area contributed by atoms with Crippen molar-refractivity contribution in [3.63, 3.8) is 0 Å². The van der Waals surface area contributed by atoms with Gasteiger partial charge in [0.05, 0.1) is 18.3 Å². The Hall–Kier alpha value is -1.69. The zero-order valence-corrected chi connectivity index (χ0v) is 14.2. The summed E-state index contributed by atoms with van der Waals surface area (Å²) in [5, 5.41) is 3.09. The van der Waals surface area contributed by atoms with Crippen LogP contribution in [0.25, 0.3) is 0 Å². The molecule has 6 heteroatoms. The lowest BCUT2D eigenvalue weighted by Crippen LogP contribution is -2.42. The molecule has 1 aromatic rings. The standard InChI is InChI=1S/C17H27N5O/c1-13-19-14(11-16(18-2)20-13)15-7-6-10-22(15)12-17(23)21-8-4-3-5-9-21/h11,15H,3-10,12H2,1-2H3,(H,18,19,20)/t15-/m1/s1. The molecular formula is C17H27N5O. The number of rotatable bonds is 4. The number of hydrogen-bond acceptors (Lipinski definition) is 5. The van der Waals surface area contributed by atoms with Crippen molar-refractivity contribution in [2.75, 3.05) is 38.5 Å². The lowest BCUT2D eigenvalue weighted by Gasteiger charge is -2.30. The van der Waals surface area contributed by atoms with Gasteiger partial charge in [-0.25, -0.2) is 9.97 Å². The maximum absolute atomic E-state index is 12.6. The smallest absolute Gasteiger partial charge is 0.236 e. The number of aromatic nitrogens is 2. The van der Waals surface area contributed by atoms with E-state index in [0.717, 1.165) is 62.7 Å². The Balaban J connectivity index is 1.70. The zero-order valence-electron chi connectivity index (χ0n) is 14.2. The fraction of sp³-hybridized carbons (Fsp3) is 0.706. The van der Waals surface area contributed by atoms with Crippen LogP contribution in [0.2, 0.25) is 0 Å². The number of amides is 1. The van der Waals surface area contributed by atoms with Gasteiger partial charge >= 0.3 is 0 Å². The van der Waals surface area contributed by atoms with E-state index >= 15 is 0 Å². The monoisotopic (exact) mass is 317 g/mol. The van der Waals surface area contributed by atoms with Crippen molar-refractivity contribution < 1.29 is 4.79 Å². The lowest BCUT2D eigenvalue weighted by atomic mass is 10.1. The molecule has 1 N–H and O–H groups in total. The maximum atomic E-state index is 12.6. The Morgan fingerprint density at radius 1 is 1.22 bits per heavy atom. The normalized spacial score (nSPS) is 22.3. The molecule has 6 nitrogen and oxygen atoms in total. The average Bonchev–Trinajstić information content (AvgIpc) is 3.03. The van der Waals surface area contributed by atoms with Crippen LogP contribution in [0.1, 0.15) is 49.7 Å². The number of nitrogens with zero attached hydrogens (tertiary/aromatic N) is 4. The molecule has 23 heavy (non-hydrogen) atoms. The van der Waals surface area contributed by atoms with Gasteiger partial charge in [-0.15, -0.1) is 0 Å². The molecule has 2 aliphatic rings. The highest BCUT2D eigenvalue weighted by Crippen LogP contribution is 2.31. The highest BCUT2D eigenvalue weighted by atomic mass is 16.2. The number of piperidine rings is 1. The Bertz CT molecular complexity index is 556. The van der Waals surface area contributed by atoms with Crippen molar-refractivity contribution in [2.24, 2.45) is 0 Å². The summed E-state index contributed by atoms with van der Waals surface area (Å²) >= 11 is 0. The summed E-state index contributed by atoms with van der Waals surface area (Å²) in [7, 11) is 1.87. The molecule has 3 heterocycles. The number of carbonyl (C=O) groups excluding carboxylic acids is 1. The van der Waals surface area contributed by atoms with Gasteiger partial charge in [-0.2, -0.15) is 0 Å². The molecule has 1 aromatic heterocycles. The third-order valence-electron chi connectivity index (χ3n) is 4.87. The zero-order chi connectivity index (χ0) is 16.2. The summed E-state index contributed by atoms with van der Waals surface area (Å²) in [4.78, 5) is 25.9. The first-order valence-electron chi connectivity index (χ1n) is 8.72. The summed E-state index contributed by atoms with van der Waals surface area (Å²) in [5.74, 6) is 1.90. The Kier molecular flexibility index (Phi) is 5.10. The van der Waals surface area contributed by atoms with E-state index < -0.39 is 0 Å². The van der Waals surface area contributed by atoms with Gasteiger partial charge < -0.3 is 10.2 Å². The molecule has 3 rings (SSSR count). The van der Waals surface area contributed by atoms with E-state index in [1.807, 2.05) is 24.9 Å². The van der Waals surface area contributed by atoms with Crippen LogP contribution in [0.5, 0.6) is 0 Å². The largest absolute Gasteiger partial charge is 0.373 e. The van der Waals surface area contributed by atoms with Crippen LogP contribution in [0, 0.1) is 6.92 Å². The minimum absolute atomic E-state index is 0.234. The van der Waals surface area contributed by atoms with E-state index in [4.69, 9.17) is 0 Å². The molecule has 2 fully saturated rings. The molecule has 2 saturated heterocycles. The van der Waals surface area contributed by atoms with Crippen LogP contribution < -0.4 is 5.32 Å². The third kappa shape index (κ3) is 3.80. The highest BCUT2D eigenvalue weighted by Gasteiger charge is 2.30. The molecular weight excluding hydrogens is 290 g/mol. The first-order valence-corrected chi connectivity index (χ1v) is 8.72. The number of carbonyl (C=O) groups is 1. The molecule has 0 saturated carbocycles. The quantitative estimate of drug-likeness (QED) is 0.920. The van der Waals surface area contributed by atoms with Crippen molar-refractivity contribution in [2.45, 2.75) is 45.1 Å². The topological polar surface area (TPSA) is 61.4 Å². The third-order valence-corrected chi connectivity index (χ3v) is 4.87. The second-order valence-corrected chi connectivity index (χ2v) is 6.55. The van der Waals surface area contributed by atoms with E-state index in [9.17, 15) is 4.79 Å². The molecule has 0 spiro atoms. The molecule has 2 aliphatic heterocycles. The second kappa shape index (κ2) is 7.25. The van der Waals surface area contributed by atoms with Gasteiger partial charge in [0.1, 0.15) is 11.6 Å². The van der Waals surface area contributed by atoms with Crippen molar-refractivity contribution in [3.05, 3.63) is 17.6 Å². The van der Waals surface area contributed by atoms with Crippen LogP contribution >= 0.6 is 0 Å². The van der Waals surface area contributed by atoms with Gasteiger partial charge in [-0.1, -0.05) is 0 Å². The predicted octanol–water partition coefficient (Wildman–Crippen LogP) is 1.98.